The molecule has 0 radical (unpaired) electrons. The largest absolute Gasteiger partial charge is 0.336 e. The fourth-order valence-corrected chi connectivity index (χ4v) is 4.95. The molecule has 0 aromatic carbocycles. The predicted octanol–water partition coefficient (Wildman–Crippen LogP) is 0.415. The third-order valence-corrected chi connectivity index (χ3v) is 5.78. The summed E-state index contributed by atoms with van der Waals surface area (Å²) in [6.45, 7) is 1.98. The molecule has 5 aliphatic rings. The van der Waals surface area contributed by atoms with Crippen molar-refractivity contribution in [3.63, 3.8) is 0 Å². The highest BCUT2D eigenvalue weighted by atomic mass is 16.2. The van der Waals surface area contributed by atoms with Crippen LogP contribution in [0.25, 0.3) is 0 Å². The number of hydrogen-bond acceptors (Lipinski definition) is 3. The number of piperazine rings is 1. The molecule has 1 aliphatic carbocycles. The molecular weight excluding hydrogens is 216 g/mol. The van der Waals surface area contributed by atoms with E-state index in [4.69, 9.17) is 0 Å². The van der Waals surface area contributed by atoms with Gasteiger partial charge >= 0.3 is 0 Å². The summed E-state index contributed by atoms with van der Waals surface area (Å²) in [5, 5.41) is 0. The second-order valence-electron chi connectivity index (χ2n) is 6.35. The number of carbonyl (C=O) groups excluding carboxylic acids is 2. The molecule has 0 aromatic rings. The van der Waals surface area contributed by atoms with E-state index in [0.717, 1.165) is 32.4 Å². The van der Waals surface area contributed by atoms with Crippen LogP contribution in [0.2, 0.25) is 0 Å². The predicted molar refractivity (Wildman–Crippen MR) is 61.4 cm³/mol. The lowest BCUT2D eigenvalue weighted by atomic mass is 9.66. The molecule has 3 atom stereocenters. The van der Waals surface area contributed by atoms with Crippen LogP contribution in [-0.4, -0.2) is 52.7 Å². The lowest BCUT2D eigenvalue weighted by Gasteiger charge is -2.62. The maximum atomic E-state index is 12.6. The van der Waals surface area contributed by atoms with Gasteiger partial charge < -0.3 is 4.90 Å². The fraction of sp³-hybridized carbons (Fsp3) is 0.846. The number of piperidine rings is 2. The zero-order valence-electron chi connectivity index (χ0n) is 10.2. The first-order chi connectivity index (χ1) is 8.08. The van der Waals surface area contributed by atoms with E-state index in [0.29, 0.717) is 24.5 Å². The van der Waals surface area contributed by atoms with Gasteiger partial charge in [-0.3, -0.25) is 14.5 Å². The first-order valence-corrected chi connectivity index (χ1v) is 6.64. The van der Waals surface area contributed by atoms with Crippen molar-refractivity contribution in [1.82, 2.24) is 9.80 Å². The quantitative estimate of drug-likeness (QED) is 0.609. The SMILES string of the molecule is CN1C(=O)[C@@]23CCCN2C[C@@]12CC(=O)C[C@@H]2C3. The summed E-state index contributed by atoms with van der Waals surface area (Å²) < 4.78 is 0. The average Bonchev–Trinajstić information content (AvgIpc) is 2.82. The molecule has 92 valence electrons. The minimum absolute atomic E-state index is 0.153. The van der Waals surface area contributed by atoms with Crippen molar-refractivity contribution >= 4 is 11.7 Å². The summed E-state index contributed by atoms with van der Waals surface area (Å²) >= 11 is 0. The number of hydrogen-bond donors (Lipinski definition) is 0. The molecule has 5 fully saturated rings. The third kappa shape index (κ3) is 0.919. The average molecular weight is 234 g/mol. The first kappa shape index (κ1) is 10.1. The van der Waals surface area contributed by atoms with E-state index >= 15 is 0 Å². The lowest BCUT2D eigenvalue weighted by molar-refractivity contribution is -0.179. The van der Waals surface area contributed by atoms with Gasteiger partial charge in [0.2, 0.25) is 5.91 Å². The molecular formula is C13H18N2O2. The molecule has 0 N–H and O–H groups in total. The van der Waals surface area contributed by atoms with Gasteiger partial charge in [0.25, 0.3) is 0 Å². The molecule has 17 heavy (non-hydrogen) atoms. The first-order valence-electron chi connectivity index (χ1n) is 6.64. The zero-order valence-corrected chi connectivity index (χ0v) is 10.2. The lowest BCUT2D eigenvalue weighted by Crippen LogP contribution is -2.77. The highest BCUT2D eigenvalue weighted by molar-refractivity contribution is 5.93. The molecule has 1 saturated carbocycles. The third-order valence-electron chi connectivity index (χ3n) is 5.78. The molecule has 2 bridgehead atoms. The van der Waals surface area contributed by atoms with Crippen LogP contribution < -0.4 is 0 Å². The Bertz CT molecular complexity index is 435. The van der Waals surface area contributed by atoms with Crippen LogP contribution in [0.15, 0.2) is 0 Å². The molecule has 4 nitrogen and oxygen atoms in total. The number of fused-ring (bicyclic) bond motifs is 1. The Hall–Kier alpha value is -0.900. The molecule has 5 rings (SSSR count). The van der Waals surface area contributed by atoms with Crippen LogP contribution in [0.1, 0.15) is 32.1 Å². The second kappa shape index (κ2) is 2.74. The van der Waals surface area contributed by atoms with E-state index in [2.05, 4.69) is 4.90 Å². The highest BCUT2D eigenvalue weighted by Crippen LogP contribution is 2.56. The van der Waals surface area contributed by atoms with E-state index in [1.54, 1.807) is 0 Å². The van der Waals surface area contributed by atoms with Gasteiger partial charge in [-0.2, -0.15) is 0 Å². The maximum Gasteiger partial charge on any atom is 0.243 e. The van der Waals surface area contributed by atoms with Crippen molar-refractivity contribution in [2.45, 2.75) is 43.2 Å². The zero-order chi connectivity index (χ0) is 11.8. The molecule has 4 heterocycles. The maximum absolute atomic E-state index is 12.6. The number of amides is 1. The van der Waals surface area contributed by atoms with Gasteiger partial charge in [0.15, 0.2) is 0 Å². The Balaban J connectivity index is 1.87. The Morgan fingerprint density at radius 1 is 1.35 bits per heavy atom. The monoisotopic (exact) mass is 234 g/mol. The molecule has 4 saturated heterocycles. The smallest absolute Gasteiger partial charge is 0.243 e. The topological polar surface area (TPSA) is 40.6 Å². The van der Waals surface area contributed by atoms with Gasteiger partial charge in [0.05, 0.1) is 5.54 Å². The van der Waals surface area contributed by atoms with E-state index in [-0.39, 0.29) is 17.0 Å². The molecule has 4 aliphatic heterocycles. The van der Waals surface area contributed by atoms with Crippen molar-refractivity contribution in [3.05, 3.63) is 0 Å². The molecule has 0 aromatic heterocycles. The summed E-state index contributed by atoms with van der Waals surface area (Å²) in [6, 6.07) is 0. The molecule has 2 spiro atoms. The summed E-state index contributed by atoms with van der Waals surface area (Å²) in [6.07, 6.45) is 4.36. The van der Waals surface area contributed by atoms with Crippen molar-refractivity contribution in [1.29, 1.82) is 0 Å². The van der Waals surface area contributed by atoms with E-state index in [9.17, 15) is 9.59 Å². The Morgan fingerprint density at radius 2 is 2.18 bits per heavy atom. The molecule has 4 heteroatoms. The second-order valence-corrected chi connectivity index (χ2v) is 6.35. The normalized spacial score (nSPS) is 48.8. The van der Waals surface area contributed by atoms with Crippen LogP contribution in [0.5, 0.6) is 0 Å². The molecule has 1 amide bonds. The number of nitrogens with zero attached hydrogens (tertiary/aromatic N) is 2. The van der Waals surface area contributed by atoms with Crippen LogP contribution in [0, 0.1) is 5.92 Å². The number of ketones is 1. The number of likely N-dealkylation sites (N-methyl/N-ethyl adjacent to an activating group) is 1. The Kier molecular flexibility index (Phi) is 1.62. The van der Waals surface area contributed by atoms with Gasteiger partial charge in [-0.25, -0.2) is 0 Å². The minimum atomic E-state index is -0.230. The van der Waals surface area contributed by atoms with E-state index in [1.807, 2.05) is 11.9 Å². The molecule has 0 unspecified atom stereocenters. The highest BCUT2D eigenvalue weighted by Gasteiger charge is 2.68. The van der Waals surface area contributed by atoms with Crippen molar-refractivity contribution < 1.29 is 9.59 Å². The standard InChI is InChI=1S/C13H18N2O2/c1-14-11(17)12-3-2-4-15(12)8-13(14)7-10(16)5-9(13)6-12/h9H,2-8H2,1H3/t9-,12+,13-/m1/s1. The van der Waals surface area contributed by atoms with Gasteiger partial charge in [-0.1, -0.05) is 0 Å². The van der Waals surface area contributed by atoms with Crippen molar-refractivity contribution in [3.8, 4) is 0 Å². The van der Waals surface area contributed by atoms with Crippen molar-refractivity contribution in [2.75, 3.05) is 20.1 Å². The van der Waals surface area contributed by atoms with Gasteiger partial charge in [-0.15, -0.1) is 0 Å². The summed E-state index contributed by atoms with van der Waals surface area (Å²) in [5.41, 5.74) is -0.383. The van der Waals surface area contributed by atoms with Gasteiger partial charge in [-0.05, 0) is 31.7 Å². The Labute approximate surface area is 101 Å². The fourth-order valence-electron chi connectivity index (χ4n) is 4.95. The van der Waals surface area contributed by atoms with Gasteiger partial charge in [0, 0.05) is 26.4 Å². The Morgan fingerprint density at radius 3 is 3.00 bits per heavy atom. The van der Waals surface area contributed by atoms with Crippen LogP contribution >= 0.6 is 0 Å². The van der Waals surface area contributed by atoms with Crippen LogP contribution in [0.4, 0.5) is 0 Å². The summed E-state index contributed by atoms with van der Waals surface area (Å²) in [5.74, 6) is 1.06. The van der Waals surface area contributed by atoms with E-state index in [1.165, 1.54) is 0 Å². The number of Topliss-reactive ketones (excluding diaryl/α,β-unsaturated/α-hetero) is 1. The van der Waals surface area contributed by atoms with Crippen LogP contribution in [-0.2, 0) is 9.59 Å². The summed E-state index contributed by atoms with van der Waals surface area (Å²) in [4.78, 5) is 28.7. The van der Waals surface area contributed by atoms with E-state index < -0.39 is 0 Å². The minimum Gasteiger partial charge on any atom is -0.336 e. The number of carbonyl (C=O) groups is 2. The van der Waals surface area contributed by atoms with Crippen molar-refractivity contribution in [2.24, 2.45) is 5.92 Å². The number of rotatable bonds is 0. The summed E-state index contributed by atoms with van der Waals surface area (Å²) in [7, 11) is 1.92. The van der Waals surface area contributed by atoms with Gasteiger partial charge in [0.1, 0.15) is 11.3 Å². The van der Waals surface area contributed by atoms with Crippen LogP contribution in [0.3, 0.4) is 0 Å².